The van der Waals surface area contributed by atoms with Gasteiger partial charge in [-0.2, -0.15) is 0 Å². The van der Waals surface area contributed by atoms with Crippen molar-refractivity contribution in [3.63, 3.8) is 0 Å². The number of hydrogen-bond acceptors (Lipinski definition) is 4. The van der Waals surface area contributed by atoms with Crippen LogP contribution in [0.5, 0.6) is 0 Å². The van der Waals surface area contributed by atoms with Crippen LogP contribution in [-0.4, -0.2) is 29.0 Å². The summed E-state index contributed by atoms with van der Waals surface area (Å²) in [5, 5.41) is 0.663. The summed E-state index contributed by atoms with van der Waals surface area (Å²) in [5.41, 5.74) is 2.12. The van der Waals surface area contributed by atoms with Gasteiger partial charge in [-0.25, -0.2) is 22.8 Å². The molecule has 0 radical (unpaired) electrons. The maximum absolute atomic E-state index is 14.2. The molecule has 0 saturated heterocycles. The standard InChI is InChI=1S/C16H11ClFN3O2S/c1-24(22,23)8-15-19-11-5-6-14(17)20-16(11)13-7-9-10(18)3-2-4-12(9)21(13)15/h2-7H,8H2,1H3. The van der Waals surface area contributed by atoms with E-state index in [2.05, 4.69) is 9.97 Å². The van der Waals surface area contributed by atoms with Crippen molar-refractivity contribution >= 4 is 48.9 Å². The fourth-order valence-electron chi connectivity index (χ4n) is 2.87. The Hall–Kier alpha value is -2.25. The molecule has 1 aromatic carbocycles. The molecule has 0 saturated carbocycles. The van der Waals surface area contributed by atoms with Crippen molar-refractivity contribution in [1.29, 1.82) is 0 Å². The minimum absolute atomic E-state index is 0.262. The van der Waals surface area contributed by atoms with Crippen LogP contribution in [0.3, 0.4) is 0 Å². The summed E-state index contributed by atoms with van der Waals surface area (Å²) in [4.78, 5) is 8.70. The van der Waals surface area contributed by atoms with Crippen molar-refractivity contribution < 1.29 is 12.8 Å². The van der Waals surface area contributed by atoms with Crippen LogP contribution >= 0.6 is 11.6 Å². The predicted molar refractivity (Wildman–Crippen MR) is 91.5 cm³/mol. The number of benzene rings is 1. The van der Waals surface area contributed by atoms with Crippen molar-refractivity contribution in [2.45, 2.75) is 5.75 Å². The number of sulfone groups is 1. The summed E-state index contributed by atoms with van der Waals surface area (Å²) >= 11 is 5.98. The molecule has 0 atom stereocenters. The smallest absolute Gasteiger partial charge is 0.154 e. The third-order valence-corrected chi connectivity index (χ3v) is 4.77. The molecular formula is C16H11ClFN3O2S. The Morgan fingerprint density at radius 2 is 1.96 bits per heavy atom. The van der Waals surface area contributed by atoms with Crippen LogP contribution in [0.15, 0.2) is 36.4 Å². The summed E-state index contributed by atoms with van der Waals surface area (Å²) in [7, 11) is -3.33. The van der Waals surface area contributed by atoms with Gasteiger partial charge in [-0.1, -0.05) is 17.7 Å². The second-order valence-electron chi connectivity index (χ2n) is 5.64. The maximum Gasteiger partial charge on any atom is 0.154 e. The van der Waals surface area contributed by atoms with Crippen LogP contribution in [0, 0.1) is 5.82 Å². The molecule has 3 aromatic heterocycles. The first-order chi connectivity index (χ1) is 11.3. The van der Waals surface area contributed by atoms with Crippen LogP contribution in [0.1, 0.15) is 5.82 Å². The lowest BCUT2D eigenvalue weighted by Gasteiger charge is -2.09. The summed E-state index contributed by atoms with van der Waals surface area (Å²) in [5.74, 6) is -0.344. The normalized spacial score (nSPS) is 12.5. The molecule has 24 heavy (non-hydrogen) atoms. The first kappa shape index (κ1) is 15.3. The van der Waals surface area contributed by atoms with E-state index >= 15 is 0 Å². The predicted octanol–water partition coefficient (Wildman–Crippen LogP) is 3.37. The van der Waals surface area contributed by atoms with Crippen molar-refractivity contribution in [1.82, 2.24) is 14.4 Å². The summed E-state index contributed by atoms with van der Waals surface area (Å²) < 4.78 is 39.4. The number of nitrogens with zero attached hydrogens (tertiary/aromatic N) is 3. The molecule has 0 amide bonds. The monoisotopic (exact) mass is 363 g/mol. The van der Waals surface area contributed by atoms with Crippen LogP contribution in [0.4, 0.5) is 4.39 Å². The number of rotatable bonds is 2. The van der Waals surface area contributed by atoms with E-state index in [9.17, 15) is 12.8 Å². The molecule has 0 aliphatic rings. The minimum Gasteiger partial charge on any atom is -0.295 e. The Labute approximate surface area is 141 Å². The number of halogens is 2. The van der Waals surface area contributed by atoms with Gasteiger partial charge in [0.05, 0.1) is 16.6 Å². The first-order valence-electron chi connectivity index (χ1n) is 7.06. The average Bonchev–Trinajstić information content (AvgIpc) is 2.88. The fraction of sp³-hybridized carbons (Fsp3) is 0.125. The van der Waals surface area contributed by atoms with Gasteiger partial charge in [0.25, 0.3) is 0 Å². The second-order valence-corrected chi connectivity index (χ2v) is 8.16. The van der Waals surface area contributed by atoms with Gasteiger partial charge in [0, 0.05) is 11.6 Å². The molecule has 0 aliphatic carbocycles. The van der Waals surface area contributed by atoms with Crippen molar-refractivity contribution in [3.05, 3.63) is 53.2 Å². The molecule has 4 aromatic rings. The third kappa shape index (κ3) is 2.40. The quantitative estimate of drug-likeness (QED) is 0.512. The molecule has 3 heterocycles. The topological polar surface area (TPSA) is 64.3 Å². The SMILES string of the molecule is CS(=O)(=O)Cc1nc2ccc(Cl)nc2c2cc3c(F)cccc3n12. The van der Waals surface area contributed by atoms with Gasteiger partial charge < -0.3 is 0 Å². The van der Waals surface area contributed by atoms with E-state index in [0.717, 1.165) is 6.26 Å². The Morgan fingerprint density at radius 1 is 1.17 bits per heavy atom. The van der Waals surface area contributed by atoms with Gasteiger partial charge in [0.15, 0.2) is 9.84 Å². The van der Waals surface area contributed by atoms with Crippen molar-refractivity contribution in [2.24, 2.45) is 0 Å². The minimum atomic E-state index is -3.33. The molecule has 0 bridgehead atoms. The van der Waals surface area contributed by atoms with E-state index in [1.165, 1.54) is 6.07 Å². The second kappa shape index (κ2) is 5.12. The first-order valence-corrected chi connectivity index (χ1v) is 9.50. The molecule has 4 rings (SSSR count). The van der Waals surface area contributed by atoms with Gasteiger partial charge in [0.2, 0.25) is 0 Å². The van der Waals surface area contributed by atoms with Gasteiger partial charge in [-0.3, -0.25) is 4.40 Å². The van der Waals surface area contributed by atoms with Crippen LogP contribution in [0.25, 0.3) is 27.5 Å². The molecule has 0 spiro atoms. The molecule has 5 nitrogen and oxygen atoms in total. The highest BCUT2D eigenvalue weighted by molar-refractivity contribution is 7.89. The van der Waals surface area contributed by atoms with E-state index in [1.54, 1.807) is 34.7 Å². The van der Waals surface area contributed by atoms with Crippen LogP contribution in [0.2, 0.25) is 5.15 Å². The number of pyridine rings is 1. The van der Waals surface area contributed by atoms with Gasteiger partial charge >= 0.3 is 0 Å². The number of aromatic nitrogens is 3. The third-order valence-electron chi connectivity index (χ3n) is 3.77. The van der Waals surface area contributed by atoms with Crippen LogP contribution < -0.4 is 0 Å². The van der Waals surface area contributed by atoms with Gasteiger partial charge in [-0.05, 0) is 30.3 Å². The highest BCUT2D eigenvalue weighted by Crippen LogP contribution is 2.29. The largest absolute Gasteiger partial charge is 0.295 e. The highest BCUT2D eigenvalue weighted by atomic mass is 35.5. The summed E-state index contributed by atoms with van der Waals surface area (Å²) in [6, 6.07) is 9.54. The summed E-state index contributed by atoms with van der Waals surface area (Å²) in [6.45, 7) is 0. The Kier molecular flexibility index (Phi) is 3.26. The zero-order valence-corrected chi connectivity index (χ0v) is 14.1. The average molecular weight is 364 g/mol. The van der Waals surface area contributed by atoms with E-state index < -0.39 is 15.7 Å². The van der Waals surface area contributed by atoms with Crippen LogP contribution in [-0.2, 0) is 15.6 Å². The molecular weight excluding hydrogens is 353 g/mol. The van der Waals surface area contributed by atoms with Crippen molar-refractivity contribution in [3.8, 4) is 0 Å². The maximum atomic E-state index is 14.2. The molecule has 8 heteroatoms. The Balaban J connectivity index is 2.26. The Morgan fingerprint density at radius 3 is 2.71 bits per heavy atom. The molecule has 0 unspecified atom stereocenters. The van der Waals surface area contributed by atoms with E-state index in [4.69, 9.17) is 11.6 Å². The highest BCUT2D eigenvalue weighted by Gasteiger charge is 2.18. The summed E-state index contributed by atoms with van der Waals surface area (Å²) in [6.07, 6.45) is 1.14. The lowest BCUT2D eigenvalue weighted by atomic mass is 10.2. The van der Waals surface area contributed by atoms with E-state index in [1.807, 2.05) is 0 Å². The van der Waals surface area contributed by atoms with E-state index in [-0.39, 0.29) is 10.9 Å². The Bertz CT molecular complexity index is 1230. The molecule has 0 fully saturated rings. The number of fused-ring (bicyclic) bond motifs is 5. The number of hydrogen-bond donors (Lipinski definition) is 0. The van der Waals surface area contributed by atoms with Gasteiger partial charge in [-0.15, -0.1) is 0 Å². The molecule has 0 aliphatic heterocycles. The zero-order chi connectivity index (χ0) is 17.1. The zero-order valence-electron chi connectivity index (χ0n) is 12.5. The lowest BCUT2D eigenvalue weighted by Crippen LogP contribution is -2.09. The lowest BCUT2D eigenvalue weighted by molar-refractivity contribution is 0.599. The van der Waals surface area contributed by atoms with Gasteiger partial charge in [0.1, 0.15) is 28.1 Å². The fourth-order valence-corrected chi connectivity index (χ4v) is 3.68. The van der Waals surface area contributed by atoms with Crippen molar-refractivity contribution in [2.75, 3.05) is 6.26 Å². The molecule has 122 valence electrons. The molecule has 0 N–H and O–H groups in total. The van der Waals surface area contributed by atoms with E-state index in [0.29, 0.717) is 33.3 Å².